The van der Waals surface area contributed by atoms with Crippen molar-refractivity contribution in [3.8, 4) is 0 Å². The lowest BCUT2D eigenvalue weighted by Gasteiger charge is -2.27. The van der Waals surface area contributed by atoms with Crippen LogP contribution < -0.4 is 5.32 Å². The Morgan fingerprint density at radius 1 is 1.10 bits per heavy atom. The second-order valence-electron chi connectivity index (χ2n) is 5.93. The van der Waals surface area contributed by atoms with Crippen LogP contribution >= 0.6 is 0 Å². The molecule has 3 rings (SSSR count). The highest BCUT2D eigenvalue weighted by Gasteiger charge is 2.53. The molecule has 4 nitrogen and oxygen atoms in total. The number of carbonyl (C=O) groups excluding carboxylic acids is 1. The first-order chi connectivity index (χ1) is 9.66. The van der Waals surface area contributed by atoms with Crippen LogP contribution in [0, 0.1) is 23.7 Å². The number of benzene rings is 1. The molecule has 4 atom stereocenters. The number of rotatable bonds is 4. The Kier molecular flexibility index (Phi) is 3.47. The number of hydrogen-bond acceptors (Lipinski definition) is 2. The van der Waals surface area contributed by atoms with Gasteiger partial charge >= 0.3 is 5.97 Å². The van der Waals surface area contributed by atoms with Crippen LogP contribution in [0.3, 0.4) is 0 Å². The molecule has 0 heterocycles. The molecule has 2 N–H and O–H groups in total. The Hall–Kier alpha value is -1.84. The SMILES string of the molecule is O=C(NCc1ccccc1)[C@@H]1[C@H]2CC[C@@H](C2)[C@@H]1C(=O)O. The molecule has 2 aliphatic carbocycles. The van der Waals surface area contributed by atoms with E-state index in [0.717, 1.165) is 24.8 Å². The van der Waals surface area contributed by atoms with Crippen molar-refractivity contribution >= 4 is 11.9 Å². The highest BCUT2D eigenvalue weighted by Crippen LogP contribution is 2.52. The minimum atomic E-state index is -0.808. The van der Waals surface area contributed by atoms with Gasteiger partial charge in [0.15, 0.2) is 0 Å². The normalized spacial score (nSPS) is 31.2. The van der Waals surface area contributed by atoms with E-state index < -0.39 is 11.9 Å². The van der Waals surface area contributed by atoms with Gasteiger partial charge in [-0.3, -0.25) is 9.59 Å². The lowest BCUT2D eigenvalue weighted by atomic mass is 9.78. The first-order valence-corrected chi connectivity index (χ1v) is 7.21. The molecule has 2 saturated carbocycles. The van der Waals surface area contributed by atoms with Gasteiger partial charge < -0.3 is 10.4 Å². The summed E-state index contributed by atoms with van der Waals surface area (Å²) in [5, 5.41) is 12.3. The summed E-state index contributed by atoms with van der Waals surface area (Å²) in [6, 6.07) is 9.70. The van der Waals surface area contributed by atoms with Crippen molar-refractivity contribution in [2.24, 2.45) is 23.7 Å². The van der Waals surface area contributed by atoms with E-state index in [1.54, 1.807) is 0 Å². The predicted octanol–water partition coefficient (Wildman–Crippen LogP) is 2.05. The number of nitrogens with one attached hydrogen (secondary N) is 1. The molecule has 0 saturated heterocycles. The first kappa shape index (κ1) is 13.2. The molecule has 0 aliphatic heterocycles. The maximum Gasteiger partial charge on any atom is 0.307 e. The van der Waals surface area contributed by atoms with E-state index in [9.17, 15) is 14.7 Å². The van der Waals surface area contributed by atoms with Crippen molar-refractivity contribution in [2.75, 3.05) is 0 Å². The van der Waals surface area contributed by atoms with Crippen molar-refractivity contribution in [1.82, 2.24) is 5.32 Å². The molecule has 1 aromatic rings. The van der Waals surface area contributed by atoms with Crippen LogP contribution in [0.25, 0.3) is 0 Å². The fourth-order valence-corrected chi connectivity index (χ4v) is 3.93. The van der Waals surface area contributed by atoms with E-state index in [4.69, 9.17) is 0 Å². The van der Waals surface area contributed by atoms with Crippen molar-refractivity contribution < 1.29 is 14.7 Å². The molecule has 0 unspecified atom stereocenters. The number of carbonyl (C=O) groups is 2. The lowest BCUT2D eigenvalue weighted by molar-refractivity contribution is -0.149. The van der Waals surface area contributed by atoms with Gasteiger partial charge in [-0.25, -0.2) is 0 Å². The quantitative estimate of drug-likeness (QED) is 0.882. The van der Waals surface area contributed by atoms with E-state index in [1.165, 1.54) is 0 Å². The van der Waals surface area contributed by atoms with E-state index in [1.807, 2.05) is 30.3 Å². The van der Waals surface area contributed by atoms with Gasteiger partial charge in [-0.2, -0.15) is 0 Å². The van der Waals surface area contributed by atoms with Gasteiger partial charge in [-0.05, 0) is 36.7 Å². The highest BCUT2D eigenvalue weighted by atomic mass is 16.4. The zero-order valence-corrected chi connectivity index (χ0v) is 11.3. The van der Waals surface area contributed by atoms with Crippen molar-refractivity contribution in [1.29, 1.82) is 0 Å². The summed E-state index contributed by atoms with van der Waals surface area (Å²) in [7, 11) is 0. The minimum absolute atomic E-state index is 0.0894. The zero-order valence-electron chi connectivity index (χ0n) is 11.3. The fraction of sp³-hybridized carbons (Fsp3) is 0.500. The molecule has 2 aliphatic rings. The van der Waals surface area contributed by atoms with Crippen LogP contribution in [0.5, 0.6) is 0 Å². The Labute approximate surface area is 118 Å². The van der Waals surface area contributed by atoms with Crippen LogP contribution in [0.2, 0.25) is 0 Å². The number of hydrogen-bond donors (Lipinski definition) is 2. The first-order valence-electron chi connectivity index (χ1n) is 7.21. The second-order valence-corrected chi connectivity index (χ2v) is 5.93. The fourth-order valence-electron chi connectivity index (χ4n) is 3.93. The Morgan fingerprint density at radius 2 is 1.75 bits per heavy atom. The summed E-state index contributed by atoms with van der Waals surface area (Å²) >= 11 is 0. The van der Waals surface area contributed by atoms with Crippen LogP contribution in [-0.2, 0) is 16.1 Å². The molecule has 106 valence electrons. The maximum absolute atomic E-state index is 12.3. The molecule has 2 bridgehead atoms. The molecule has 0 spiro atoms. The van der Waals surface area contributed by atoms with Crippen LogP contribution in [-0.4, -0.2) is 17.0 Å². The molecule has 0 aromatic heterocycles. The summed E-state index contributed by atoms with van der Waals surface area (Å²) in [4.78, 5) is 23.7. The molecule has 20 heavy (non-hydrogen) atoms. The Balaban J connectivity index is 1.66. The standard InChI is InChI=1S/C16H19NO3/c18-15(17-9-10-4-2-1-3-5-10)13-11-6-7-12(8-11)14(13)16(19)20/h1-5,11-14H,6-9H2,(H,17,18)(H,19,20)/t11-,12-,13+,14-/m0/s1. The number of carboxylic acid groups (broad SMARTS) is 1. The summed E-state index contributed by atoms with van der Waals surface area (Å²) in [5.41, 5.74) is 1.04. The highest BCUT2D eigenvalue weighted by molar-refractivity contribution is 5.86. The van der Waals surface area contributed by atoms with Gasteiger partial charge in [0.1, 0.15) is 0 Å². The van der Waals surface area contributed by atoms with Crippen molar-refractivity contribution in [2.45, 2.75) is 25.8 Å². The van der Waals surface area contributed by atoms with E-state index in [-0.39, 0.29) is 23.7 Å². The molecule has 4 heteroatoms. The van der Waals surface area contributed by atoms with Crippen molar-refractivity contribution in [3.05, 3.63) is 35.9 Å². The topological polar surface area (TPSA) is 66.4 Å². The summed E-state index contributed by atoms with van der Waals surface area (Å²) in [6.45, 7) is 0.472. The van der Waals surface area contributed by atoms with E-state index in [2.05, 4.69) is 5.32 Å². The maximum atomic E-state index is 12.3. The summed E-state index contributed by atoms with van der Waals surface area (Å²) in [6.07, 6.45) is 2.86. The van der Waals surface area contributed by atoms with E-state index >= 15 is 0 Å². The van der Waals surface area contributed by atoms with Gasteiger partial charge in [0, 0.05) is 6.54 Å². The third-order valence-corrected chi connectivity index (χ3v) is 4.81. The number of carboxylic acids is 1. The van der Waals surface area contributed by atoms with Crippen LogP contribution in [0.15, 0.2) is 30.3 Å². The smallest absolute Gasteiger partial charge is 0.307 e. The van der Waals surface area contributed by atoms with Gasteiger partial charge in [-0.15, -0.1) is 0 Å². The largest absolute Gasteiger partial charge is 0.481 e. The molecule has 1 aromatic carbocycles. The summed E-state index contributed by atoms with van der Waals surface area (Å²) < 4.78 is 0. The molecular formula is C16H19NO3. The van der Waals surface area contributed by atoms with Gasteiger partial charge in [0.25, 0.3) is 0 Å². The average molecular weight is 273 g/mol. The zero-order chi connectivity index (χ0) is 14.1. The lowest BCUT2D eigenvalue weighted by Crippen LogP contribution is -2.41. The Morgan fingerprint density at radius 3 is 2.40 bits per heavy atom. The summed E-state index contributed by atoms with van der Waals surface area (Å²) in [5.74, 6) is -1.26. The minimum Gasteiger partial charge on any atom is -0.481 e. The predicted molar refractivity (Wildman–Crippen MR) is 73.7 cm³/mol. The Bertz CT molecular complexity index is 514. The number of aliphatic carboxylic acids is 1. The van der Waals surface area contributed by atoms with E-state index in [0.29, 0.717) is 6.54 Å². The van der Waals surface area contributed by atoms with Crippen LogP contribution in [0.1, 0.15) is 24.8 Å². The third kappa shape index (κ3) is 2.30. The molecule has 2 fully saturated rings. The van der Waals surface area contributed by atoms with Crippen molar-refractivity contribution in [3.63, 3.8) is 0 Å². The third-order valence-electron chi connectivity index (χ3n) is 4.81. The van der Waals surface area contributed by atoms with Gasteiger partial charge in [0.05, 0.1) is 11.8 Å². The number of fused-ring (bicyclic) bond motifs is 2. The van der Waals surface area contributed by atoms with Gasteiger partial charge in [0.2, 0.25) is 5.91 Å². The molecule has 0 radical (unpaired) electrons. The monoisotopic (exact) mass is 273 g/mol. The van der Waals surface area contributed by atoms with Gasteiger partial charge in [-0.1, -0.05) is 30.3 Å². The number of amides is 1. The second kappa shape index (κ2) is 5.27. The average Bonchev–Trinajstić information content (AvgIpc) is 3.06. The van der Waals surface area contributed by atoms with Crippen LogP contribution in [0.4, 0.5) is 0 Å². The molecule has 1 amide bonds. The molecular weight excluding hydrogens is 254 g/mol.